The second kappa shape index (κ2) is 8.63. The quantitative estimate of drug-likeness (QED) is 0.715. The molecule has 1 aliphatic rings. The molecule has 0 spiro atoms. The highest BCUT2D eigenvalue weighted by atomic mass is 32.1. The van der Waals surface area contributed by atoms with Gasteiger partial charge in [0.1, 0.15) is 0 Å². The Kier molecular flexibility index (Phi) is 6.23. The number of anilines is 2. The van der Waals surface area contributed by atoms with Crippen molar-refractivity contribution in [2.24, 2.45) is 5.92 Å². The van der Waals surface area contributed by atoms with Gasteiger partial charge in [0, 0.05) is 29.1 Å². The summed E-state index contributed by atoms with van der Waals surface area (Å²) in [5.41, 5.74) is 2.17. The summed E-state index contributed by atoms with van der Waals surface area (Å²) in [7, 11) is 3.97. The molecule has 6 nitrogen and oxygen atoms in total. The number of carbonyl (C=O) groups excluding carboxylic acids is 2. The van der Waals surface area contributed by atoms with Gasteiger partial charge in [-0.2, -0.15) is 0 Å². The highest BCUT2D eigenvalue weighted by Gasteiger charge is 2.26. The Bertz CT molecular complexity index is 825. The number of hydrogen-bond donors (Lipinski definition) is 2. The van der Waals surface area contributed by atoms with Crippen LogP contribution in [0.5, 0.6) is 0 Å². The zero-order valence-electron chi connectivity index (χ0n) is 16.0. The van der Waals surface area contributed by atoms with Crippen LogP contribution in [0.3, 0.4) is 0 Å². The van der Waals surface area contributed by atoms with Gasteiger partial charge < -0.3 is 10.2 Å². The summed E-state index contributed by atoms with van der Waals surface area (Å²) < 4.78 is 0. The average Bonchev–Trinajstić information content (AvgIpc) is 3.27. The fourth-order valence-corrected chi connectivity index (χ4v) is 4.31. The van der Waals surface area contributed by atoms with E-state index < -0.39 is 0 Å². The van der Waals surface area contributed by atoms with Gasteiger partial charge in [-0.3, -0.25) is 10.1 Å². The van der Waals surface area contributed by atoms with E-state index in [9.17, 15) is 9.59 Å². The molecule has 3 rings (SSSR count). The van der Waals surface area contributed by atoms with Crippen molar-refractivity contribution < 1.29 is 9.59 Å². The first-order valence-electron chi connectivity index (χ1n) is 9.24. The summed E-state index contributed by atoms with van der Waals surface area (Å²) in [5, 5.41) is 6.13. The second-order valence-corrected chi connectivity index (χ2v) is 8.46. The summed E-state index contributed by atoms with van der Waals surface area (Å²) in [5.74, 6) is 0.206. The van der Waals surface area contributed by atoms with Gasteiger partial charge in [0.25, 0.3) is 0 Å². The molecule has 2 N–H and O–H groups in total. The van der Waals surface area contributed by atoms with E-state index in [1.54, 1.807) is 12.3 Å². The van der Waals surface area contributed by atoms with Crippen molar-refractivity contribution in [2.75, 3.05) is 24.7 Å². The second-order valence-electron chi connectivity index (χ2n) is 7.34. The maximum atomic E-state index is 12.9. The minimum Gasteiger partial charge on any atom is -0.307 e. The van der Waals surface area contributed by atoms with Crippen LogP contribution in [0.15, 0.2) is 24.4 Å². The largest absolute Gasteiger partial charge is 0.325 e. The molecule has 1 saturated carbocycles. The molecule has 1 aromatic carbocycles. The van der Waals surface area contributed by atoms with E-state index in [0.29, 0.717) is 16.4 Å². The fraction of sp³-hybridized carbons (Fsp3) is 0.450. The van der Waals surface area contributed by atoms with Crippen molar-refractivity contribution in [3.8, 4) is 0 Å². The number of aryl methyl sites for hydroxylation is 1. The smallest absolute Gasteiger partial charge is 0.307 e. The lowest BCUT2D eigenvalue weighted by molar-refractivity contribution is 0.0923. The van der Waals surface area contributed by atoms with Crippen LogP contribution in [0.1, 0.15) is 46.5 Å². The van der Waals surface area contributed by atoms with Crippen LogP contribution < -0.4 is 10.6 Å². The number of rotatable bonds is 6. The van der Waals surface area contributed by atoms with E-state index in [1.807, 2.05) is 38.1 Å². The highest BCUT2D eigenvalue weighted by Crippen LogP contribution is 2.31. The fourth-order valence-electron chi connectivity index (χ4n) is 3.38. The standard InChI is InChI=1S/C20H26N4O2S/c1-13-8-9-17(16(10-13)18(25)14-6-4-5-7-14)22-19(26)23-20-21-11-15(27-20)12-24(2)3/h8-11,14H,4-7,12H2,1-3H3,(H2,21,22,23,26). The SMILES string of the molecule is Cc1ccc(NC(=O)Nc2ncc(CN(C)C)s2)c(C(=O)C2CCCC2)c1. The molecule has 7 heteroatoms. The van der Waals surface area contributed by atoms with Crippen LogP contribution >= 0.6 is 11.3 Å². The zero-order valence-corrected chi connectivity index (χ0v) is 16.9. The molecule has 1 heterocycles. The van der Waals surface area contributed by atoms with Gasteiger partial charge in [-0.15, -0.1) is 11.3 Å². The summed E-state index contributed by atoms with van der Waals surface area (Å²) in [6.07, 6.45) is 5.84. The molecule has 1 fully saturated rings. The van der Waals surface area contributed by atoms with Gasteiger partial charge in [-0.25, -0.2) is 9.78 Å². The van der Waals surface area contributed by atoms with Crippen molar-refractivity contribution in [1.82, 2.24) is 9.88 Å². The molecule has 2 aromatic rings. The zero-order chi connectivity index (χ0) is 19.4. The molecule has 27 heavy (non-hydrogen) atoms. The van der Waals surface area contributed by atoms with E-state index in [2.05, 4.69) is 15.6 Å². The van der Waals surface area contributed by atoms with Crippen LogP contribution in [0.2, 0.25) is 0 Å². The Balaban J connectivity index is 1.70. The van der Waals surface area contributed by atoms with Gasteiger partial charge in [-0.05, 0) is 46.0 Å². The molecule has 1 aliphatic carbocycles. The predicted octanol–water partition coefficient (Wildman–Crippen LogP) is 4.53. The normalized spacial score (nSPS) is 14.5. The number of aromatic nitrogens is 1. The first kappa shape index (κ1) is 19.5. The molecule has 0 aliphatic heterocycles. The lowest BCUT2D eigenvalue weighted by Crippen LogP contribution is -2.22. The summed E-state index contributed by atoms with van der Waals surface area (Å²) in [6, 6.07) is 5.19. The van der Waals surface area contributed by atoms with Crippen molar-refractivity contribution in [2.45, 2.75) is 39.2 Å². The molecule has 1 aromatic heterocycles. The summed E-state index contributed by atoms with van der Waals surface area (Å²) >= 11 is 1.44. The molecule has 0 unspecified atom stereocenters. The minimum atomic E-state index is -0.384. The molecule has 2 amide bonds. The Morgan fingerprint density at radius 2 is 1.96 bits per heavy atom. The summed E-state index contributed by atoms with van der Waals surface area (Å²) in [6.45, 7) is 2.73. The van der Waals surface area contributed by atoms with E-state index in [4.69, 9.17) is 0 Å². The number of ketones is 1. The van der Waals surface area contributed by atoms with Crippen LogP contribution in [-0.4, -0.2) is 35.8 Å². The molecule has 0 atom stereocenters. The number of urea groups is 1. The molecule has 0 radical (unpaired) electrons. The average molecular weight is 387 g/mol. The molecule has 0 saturated heterocycles. The van der Waals surface area contributed by atoms with Gasteiger partial charge in [0.15, 0.2) is 10.9 Å². The molecular weight excluding hydrogens is 360 g/mol. The van der Waals surface area contributed by atoms with Crippen molar-refractivity contribution in [1.29, 1.82) is 0 Å². The number of nitrogens with one attached hydrogen (secondary N) is 2. The number of nitrogens with zero attached hydrogens (tertiary/aromatic N) is 2. The van der Waals surface area contributed by atoms with Crippen molar-refractivity contribution >= 4 is 34.0 Å². The minimum absolute atomic E-state index is 0.0722. The number of benzene rings is 1. The van der Waals surface area contributed by atoms with E-state index in [1.165, 1.54) is 11.3 Å². The number of hydrogen-bond acceptors (Lipinski definition) is 5. The van der Waals surface area contributed by atoms with Crippen molar-refractivity contribution in [3.05, 3.63) is 40.4 Å². The number of amides is 2. The van der Waals surface area contributed by atoms with Crippen LogP contribution in [0, 0.1) is 12.8 Å². The summed E-state index contributed by atoms with van der Waals surface area (Å²) in [4.78, 5) is 32.7. The Morgan fingerprint density at radius 3 is 2.67 bits per heavy atom. The maximum absolute atomic E-state index is 12.9. The number of Topliss-reactive ketones (excluding diaryl/α,β-unsaturated/α-hetero) is 1. The first-order valence-corrected chi connectivity index (χ1v) is 10.1. The third kappa shape index (κ3) is 5.14. The van der Waals surface area contributed by atoms with Crippen molar-refractivity contribution in [3.63, 3.8) is 0 Å². The molecular formula is C20H26N4O2S. The van der Waals surface area contributed by atoms with Gasteiger partial charge >= 0.3 is 6.03 Å². The Hall–Kier alpha value is -2.25. The van der Waals surface area contributed by atoms with E-state index in [-0.39, 0.29) is 17.7 Å². The van der Waals surface area contributed by atoms with E-state index in [0.717, 1.165) is 42.7 Å². The Labute approximate surface area is 164 Å². The lowest BCUT2D eigenvalue weighted by atomic mass is 9.94. The van der Waals surface area contributed by atoms with Crippen LogP contribution in [-0.2, 0) is 6.54 Å². The monoisotopic (exact) mass is 386 g/mol. The highest BCUT2D eigenvalue weighted by molar-refractivity contribution is 7.15. The van der Waals surface area contributed by atoms with Crippen LogP contribution in [0.4, 0.5) is 15.6 Å². The number of thiazole rings is 1. The third-order valence-corrected chi connectivity index (χ3v) is 5.56. The number of carbonyl (C=O) groups is 2. The third-order valence-electron chi connectivity index (χ3n) is 4.66. The maximum Gasteiger partial charge on any atom is 0.325 e. The molecule has 144 valence electrons. The Morgan fingerprint density at radius 1 is 1.22 bits per heavy atom. The van der Waals surface area contributed by atoms with Gasteiger partial charge in [0.2, 0.25) is 0 Å². The lowest BCUT2D eigenvalue weighted by Gasteiger charge is -2.14. The molecule has 0 bridgehead atoms. The first-order chi connectivity index (χ1) is 12.9. The van der Waals surface area contributed by atoms with Gasteiger partial charge in [0.05, 0.1) is 5.69 Å². The topological polar surface area (TPSA) is 74.3 Å². The predicted molar refractivity (Wildman–Crippen MR) is 110 cm³/mol. The van der Waals surface area contributed by atoms with E-state index >= 15 is 0 Å². The van der Waals surface area contributed by atoms with Gasteiger partial charge in [-0.1, -0.05) is 24.5 Å². The van der Waals surface area contributed by atoms with Crippen LogP contribution in [0.25, 0.3) is 0 Å².